The second-order valence-corrected chi connectivity index (χ2v) is 12.4. The molecule has 0 heterocycles. The van der Waals surface area contributed by atoms with E-state index >= 15 is 0 Å². The molecule has 0 unspecified atom stereocenters. The van der Waals surface area contributed by atoms with E-state index < -0.39 is 28.5 Å². The molecule has 0 spiro atoms. The number of sulfonamides is 1. The Balaban J connectivity index is 2.01. The highest BCUT2D eigenvalue weighted by Crippen LogP contribution is 2.29. The lowest BCUT2D eigenvalue weighted by Gasteiger charge is -2.33. The van der Waals surface area contributed by atoms with Crippen molar-refractivity contribution >= 4 is 39.1 Å². The molecule has 0 saturated carbocycles. The van der Waals surface area contributed by atoms with E-state index in [0.717, 1.165) is 9.87 Å². The van der Waals surface area contributed by atoms with Crippen molar-refractivity contribution in [2.75, 3.05) is 23.9 Å². The molecule has 1 atom stereocenters. The van der Waals surface area contributed by atoms with Crippen LogP contribution >= 0.6 is 11.6 Å². The average molecular weight is 584 g/mol. The summed E-state index contributed by atoms with van der Waals surface area (Å²) >= 11 is 6.17. The van der Waals surface area contributed by atoms with Gasteiger partial charge in [-0.15, -0.1) is 0 Å². The van der Waals surface area contributed by atoms with Gasteiger partial charge in [0.2, 0.25) is 11.8 Å². The Labute approximate surface area is 243 Å². The van der Waals surface area contributed by atoms with Gasteiger partial charge in [-0.2, -0.15) is 0 Å². The van der Waals surface area contributed by atoms with Crippen LogP contribution in [0.15, 0.2) is 83.8 Å². The van der Waals surface area contributed by atoms with E-state index in [2.05, 4.69) is 5.32 Å². The van der Waals surface area contributed by atoms with E-state index in [1.807, 2.05) is 51.1 Å². The molecule has 1 N–H and O–H groups in total. The van der Waals surface area contributed by atoms with Gasteiger partial charge in [-0.05, 0) is 67.1 Å². The zero-order chi connectivity index (χ0) is 29.3. The Morgan fingerprint density at radius 2 is 1.57 bits per heavy atom. The van der Waals surface area contributed by atoms with E-state index in [1.165, 1.54) is 17.0 Å². The minimum Gasteiger partial charge on any atom is -0.354 e. The summed E-state index contributed by atoms with van der Waals surface area (Å²) in [5.74, 6) is -0.469. The molecule has 0 aromatic heterocycles. The van der Waals surface area contributed by atoms with E-state index in [1.54, 1.807) is 43.3 Å². The number of aryl methyl sites for hydroxylation is 1. The molecule has 0 aliphatic carbocycles. The van der Waals surface area contributed by atoms with Crippen LogP contribution in [0, 0.1) is 12.8 Å². The molecule has 0 fully saturated rings. The summed E-state index contributed by atoms with van der Waals surface area (Å²) in [5.41, 5.74) is 1.97. The number of amides is 2. The maximum Gasteiger partial charge on any atom is 0.264 e. The summed E-state index contributed by atoms with van der Waals surface area (Å²) in [5, 5.41) is 3.40. The third kappa shape index (κ3) is 8.08. The van der Waals surface area contributed by atoms with Crippen LogP contribution in [-0.4, -0.2) is 50.8 Å². The predicted octanol–water partition coefficient (Wildman–Crippen LogP) is 5.47. The van der Waals surface area contributed by atoms with Gasteiger partial charge < -0.3 is 10.2 Å². The van der Waals surface area contributed by atoms with E-state index in [9.17, 15) is 18.0 Å². The molecular formula is C31H38ClN3O4S. The summed E-state index contributed by atoms with van der Waals surface area (Å²) in [4.78, 5) is 28.9. The Morgan fingerprint density at radius 3 is 2.15 bits per heavy atom. The fraction of sp³-hybridized carbons (Fsp3) is 0.355. The van der Waals surface area contributed by atoms with Gasteiger partial charge >= 0.3 is 0 Å². The third-order valence-corrected chi connectivity index (χ3v) is 8.60. The Hall–Kier alpha value is -3.36. The lowest BCUT2D eigenvalue weighted by atomic mass is 10.1. The highest BCUT2D eigenvalue weighted by molar-refractivity contribution is 7.92. The fourth-order valence-corrected chi connectivity index (χ4v) is 6.18. The van der Waals surface area contributed by atoms with Crippen molar-refractivity contribution in [3.8, 4) is 0 Å². The Kier molecular flexibility index (Phi) is 11.2. The van der Waals surface area contributed by atoms with Gasteiger partial charge in [0.1, 0.15) is 12.6 Å². The van der Waals surface area contributed by atoms with Crippen LogP contribution in [-0.2, 0) is 26.0 Å². The van der Waals surface area contributed by atoms with Gasteiger partial charge in [0.05, 0.1) is 10.6 Å². The molecule has 0 aliphatic rings. The van der Waals surface area contributed by atoms with E-state index in [4.69, 9.17) is 11.6 Å². The second kappa shape index (κ2) is 14.3. The molecule has 3 aromatic carbocycles. The first kappa shape index (κ1) is 31.2. The van der Waals surface area contributed by atoms with Crippen LogP contribution in [0.3, 0.4) is 0 Å². The van der Waals surface area contributed by atoms with Crippen LogP contribution in [0.25, 0.3) is 0 Å². The second-order valence-electron chi connectivity index (χ2n) is 10.1. The third-order valence-electron chi connectivity index (χ3n) is 6.59. The fourth-order valence-electron chi connectivity index (χ4n) is 4.45. The number of carbonyl (C=O) groups excluding carboxylic acids is 2. The first-order valence-corrected chi connectivity index (χ1v) is 15.3. The lowest BCUT2D eigenvalue weighted by molar-refractivity contribution is -0.139. The first-order chi connectivity index (χ1) is 19.0. The first-order valence-electron chi connectivity index (χ1n) is 13.5. The number of anilines is 1. The van der Waals surface area contributed by atoms with Crippen molar-refractivity contribution in [3.05, 3.63) is 95.0 Å². The molecule has 3 rings (SSSR count). The van der Waals surface area contributed by atoms with Gasteiger partial charge in [-0.3, -0.25) is 13.9 Å². The average Bonchev–Trinajstić information content (AvgIpc) is 2.94. The summed E-state index contributed by atoms with van der Waals surface area (Å²) < 4.78 is 28.9. The van der Waals surface area contributed by atoms with Crippen LogP contribution < -0.4 is 9.62 Å². The van der Waals surface area contributed by atoms with Crippen molar-refractivity contribution < 1.29 is 18.0 Å². The summed E-state index contributed by atoms with van der Waals surface area (Å²) in [7, 11) is -4.12. The van der Waals surface area contributed by atoms with Crippen molar-refractivity contribution in [1.82, 2.24) is 10.2 Å². The number of rotatable bonds is 13. The van der Waals surface area contributed by atoms with E-state index in [0.29, 0.717) is 35.7 Å². The Morgan fingerprint density at radius 1 is 0.950 bits per heavy atom. The molecule has 0 saturated heterocycles. The topological polar surface area (TPSA) is 86.8 Å². The molecule has 0 bridgehead atoms. The van der Waals surface area contributed by atoms with Gasteiger partial charge in [0, 0.05) is 18.1 Å². The number of hydrogen-bond acceptors (Lipinski definition) is 4. The van der Waals surface area contributed by atoms with Crippen molar-refractivity contribution in [1.29, 1.82) is 0 Å². The molecule has 2 amide bonds. The number of nitrogens with zero attached hydrogens (tertiary/aromatic N) is 2. The number of hydrogen-bond donors (Lipinski definition) is 1. The summed E-state index contributed by atoms with van der Waals surface area (Å²) in [6.07, 6.45) is 0.905. The molecule has 7 nitrogen and oxygen atoms in total. The number of halogens is 1. The molecule has 214 valence electrons. The van der Waals surface area contributed by atoms with Crippen LogP contribution in [0.1, 0.15) is 38.3 Å². The molecule has 0 aliphatic heterocycles. The minimum absolute atomic E-state index is 0.0645. The Bertz CT molecular complexity index is 1380. The SMILES string of the molecule is CC[C@H](C(=O)NCC(C)C)N(CCc1ccccc1)C(=O)CN(c1ccc(Cl)cc1C)S(=O)(=O)c1ccccc1. The van der Waals surface area contributed by atoms with Crippen molar-refractivity contribution in [2.45, 2.75) is 51.5 Å². The zero-order valence-electron chi connectivity index (χ0n) is 23.5. The van der Waals surface area contributed by atoms with Gasteiger partial charge in [0.15, 0.2) is 0 Å². The molecule has 0 radical (unpaired) electrons. The highest BCUT2D eigenvalue weighted by atomic mass is 35.5. The number of nitrogens with one attached hydrogen (secondary N) is 1. The predicted molar refractivity (Wildman–Crippen MR) is 161 cm³/mol. The van der Waals surface area contributed by atoms with Gasteiger partial charge in [0.25, 0.3) is 10.0 Å². The van der Waals surface area contributed by atoms with E-state index in [-0.39, 0.29) is 23.3 Å². The smallest absolute Gasteiger partial charge is 0.264 e. The number of benzene rings is 3. The standard InChI is InChI=1S/C31H38ClN3O4S/c1-5-28(31(37)33-21-23(2)3)34(19-18-25-12-8-6-9-13-25)30(36)22-35(29-17-16-26(32)20-24(29)4)40(38,39)27-14-10-7-11-15-27/h6-17,20,23,28H,5,18-19,21-22H2,1-4H3,(H,33,37)/t28-/m1/s1. The summed E-state index contributed by atoms with van der Waals surface area (Å²) in [6, 6.07) is 21.8. The quantitative estimate of drug-likeness (QED) is 0.289. The normalized spacial score (nSPS) is 12.2. The molecule has 3 aromatic rings. The maximum atomic E-state index is 14.1. The van der Waals surface area contributed by atoms with Crippen molar-refractivity contribution in [3.63, 3.8) is 0 Å². The largest absolute Gasteiger partial charge is 0.354 e. The number of carbonyl (C=O) groups is 2. The lowest BCUT2D eigenvalue weighted by Crippen LogP contribution is -2.53. The van der Waals surface area contributed by atoms with Crippen LogP contribution in [0.5, 0.6) is 0 Å². The molecule has 40 heavy (non-hydrogen) atoms. The highest BCUT2D eigenvalue weighted by Gasteiger charge is 2.34. The van der Waals surface area contributed by atoms with Crippen LogP contribution in [0.4, 0.5) is 5.69 Å². The summed E-state index contributed by atoms with van der Waals surface area (Å²) in [6.45, 7) is 7.87. The minimum atomic E-state index is -4.12. The zero-order valence-corrected chi connectivity index (χ0v) is 25.1. The van der Waals surface area contributed by atoms with Crippen LogP contribution in [0.2, 0.25) is 5.02 Å². The van der Waals surface area contributed by atoms with Gasteiger partial charge in [-0.25, -0.2) is 8.42 Å². The maximum absolute atomic E-state index is 14.1. The van der Waals surface area contributed by atoms with Crippen molar-refractivity contribution in [2.24, 2.45) is 5.92 Å². The van der Waals surface area contributed by atoms with Gasteiger partial charge in [-0.1, -0.05) is 80.9 Å². The molecular weight excluding hydrogens is 546 g/mol. The monoisotopic (exact) mass is 583 g/mol. The molecule has 9 heteroatoms.